The van der Waals surface area contributed by atoms with Crippen molar-refractivity contribution in [2.24, 2.45) is 0 Å². The molecule has 0 spiro atoms. The molecule has 0 radical (unpaired) electrons. The highest BCUT2D eigenvalue weighted by atomic mass is 16.5. The molecule has 6 nitrogen and oxygen atoms in total. The molecule has 0 saturated heterocycles. The van der Waals surface area contributed by atoms with Crippen LogP contribution in [0.5, 0.6) is 0 Å². The summed E-state index contributed by atoms with van der Waals surface area (Å²) in [6.07, 6.45) is 1.11. The van der Waals surface area contributed by atoms with Crippen LogP contribution in [-0.4, -0.2) is 24.4 Å². The highest BCUT2D eigenvalue weighted by molar-refractivity contribution is 5.93. The van der Waals surface area contributed by atoms with Crippen molar-refractivity contribution in [1.82, 2.24) is 0 Å². The number of rotatable bonds is 7. The first-order chi connectivity index (χ1) is 14.0. The minimum absolute atomic E-state index is 0.0565. The van der Waals surface area contributed by atoms with Crippen molar-refractivity contribution in [3.05, 3.63) is 47.5 Å². The molecule has 29 heavy (non-hydrogen) atoms. The summed E-state index contributed by atoms with van der Waals surface area (Å²) < 4.78 is 5.46. The van der Waals surface area contributed by atoms with Gasteiger partial charge >= 0.3 is 5.97 Å². The molecule has 0 aromatic heterocycles. The van der Waals surface area contributed by atoms with Crippen LogP contribution in [0, 0.1) is 0 Å². The lowest BCUT2D eigenvalue weighted by Crippen LogP contribution is -2.13. The van der Waals surface area contributed by atoms with E-state index in [1.165, 1.54) is 0 Å². The molecule has 0 saturated carbocycles. The number of benzene rings is 2. The molecule has 0 aliphatic heterocycles. The Morgan fingerprint density at radius 2 is 1.28 bits per heavy atom. The third-order valence-electron chi connectivity index (χ3n) is 5.05. The summed E-state index contributed by atoms with van der Waals surface area (Å²) >= 11 is 0. The minimum Gasteiger partial charge on any atom is -0.465 e. The van der Waals surface area contributed by atoms with Crippen LogP contribution in [-0.2, 0) is 19.1 Å². The van der Waals surface area contributed by atoms with Gasteiger partial charge in [-0.1, -0.05) is 32.9 Å². The molecule has 0 heterocycles. The van der Waals surface area contributed by atoms with E-state index in [1.807, 2.05) is 36.4 Å². The second kappa shape index (κ2) is 8.90. The molecule has 0 bridgehead atoms. The van der Waals surface area contributed by atoms with E-state index in [0.717, 1.165) is 33.6 Å². The van der Waals surface area contributed by atoms with Gasteiger partial charge in [0.1, 0.15) is 6.61 Å². The second-order valence-corrected chi connectivity index (χ2v) is 7.00. The number of amides is 2. The lowest BCUT2D eigenvalue weighted by atomic mass is 9.97. The van der Waals surface area contributed by atoms with Gasteiger partial charge in [0, 0.05) is 36.6 Å². The van der Waals surface area contributed by atoms with Crippen molar-refractivity contribution in [2.75, 3.05) is 17.2 Å². The highest BCUT2D eigenvalue weighted by Crippen LogP contribution is 2.46. The van der Waals surface area contributed by atoms with Gasteiger partial charge in [-0.3, -0.25) is 14.4 Å². The molecule has 0 atom stereocenters. The second-order valence-electron chi connectivity index (χ2n) is 7.00. The Hall–Kier alpha value is -3.15. The molecule has 1 aliphatic rings. The normalized spacial score (nSPS) is 12.1. The molecule has 2 aromatic carbocycles. The summed E-state index contributed by atoms with van der Waals surface area (Å²) in [5.41, 5.74) is 5.51. The number of ether oxygens (including phenoxy) is 1. The zero-order valence-electron chi connectivity index (χ0n) is 17.0. The molecule has 3 rings (SSSR count). The number of esters is 1. The highest BCUT2D eigenvalue weighted by Gasteiger charge is 2.30. The van der Waals surface area contributed by atoms with Crippen LogP contribution in [0.15, 0.2) is 36.4 Å². The average Bonchev–Trinajstić information content (AvgIpc) is 3.03. The molecule has 2 N–H and O–H groups in total. The van der Waals surface area contributed by atoms with E-state index in [4.69, 9.17) is 4.74 Å². The quantitative estimate of drug-likeness (QED) is 0.680. The number of carbonyl (C=O) groups excluding carboxylic acids is 3. The number of anilines is 2. The van der Waals surface area contributed by atoms with Crippen molar-refractivity contribution in [2.45, 2.75) is 46.0 Å². The van der Waals surface area contributed by atoms with Crippen LogP contribution in [0.25, 0.3) is 11.1 Å². The van der Waals surface area contributed by atoms with E-state index in [0.29, 0.717) is 19.3 Å². The number of nitrogens with one attached hydrogen (secondary N) is 2. The molecule has 0 fully saturated rings. The van der Waals surface area contributed by atoms with Gasteiger partial charge in [0.05, 0.1) is 0 Å². The van der Waals surface area contributed by atoms with Crippen LogP contribution in [0.2, 0.25) is 0 Å². The van der Waals surface area contributed by atoms with Crippen molar-refractivity contribution in [1.29, 1.82) is 0 Å². The maximum absolute atomic E-state index is 11.8. The molecule has 6 heteroatoms. The molecule has 2 aromatic rings. The standard InChI is InChI=1S/C23H26N2O4/c1-4-21(26)24-14-7-9-16-17-10-8-15(25-22(27)5-2)12-19(17)20(18(16)11-14)13-29-23(28)6-3/h7-12,20H,4-6,13H2,1-3H3,(H,24,26)(H,25,27). The topological polar surface area (TPSA) is 84.5 Å². The third kappa shape index (κ3) is 4.47. The van der Waals surface area contributed by atoms with Gasteiger partial charge in [0.25, 0.3) is 0 Å². The molecule has 0 unspecified atom stereocenters. The summed E-state index contributed by atoms with van der Waals surface area (Å²) in [4.78, 5) is 35.3. The predicted octanol–water partition coefficient (Wildman–Crippen LogP) is 4.45. The fourth-order valence-corrected chi connectivity index (χ4v) is 3.47. The van der Waals surface area contributed by atoms with E-state index in [2.05, 4.69) is 10.6 Å². The maximum Gasteiger partial charge on any atom is 0.305 e. The maximum atomic E-state index is 11.8. The summed E-state index contributed by atoms with van der Waals surface area (Å²) in [7, 11) is 0. The molecule has 1 aliphatic carbocycles. The Kier molecular flexibility index (Phi) is 6.32. The smallest absolute Gasteiger partial charge is 0.305 e. The lowest BCUT2D eigenvalue weighted by Gasteiger charge is -2.16. The third-order valence-corrected chi connectivity index (χ3v) is 5.05. The van der Waals surface area contributed by atoms with Gasteiger partial charge in [-0.15, -0.1) is 0 Å². The lowest BCUT2D eigenvalue weighted by molar-refractivity contribution is -0.143. The van der Waals surface area contributed by atoms with Gasteiger partial charge in [-0.05, 0) is 46.5 Å². The summed E-state index contributed by atoms with van der Waals surface area (Å²) in [6, 6.07) is 11.6. The van der Waals surface area contributed by atoms with Crippen molar-refractivity contribution in [3.63, 3.8) is 0 Å². The van der Waals surface area contributed by atoms with E-state index in [1.54, 1.807) is 20.8 Å². The first-order valence-corrected chi connectivity index (χ1v) is 10.00. The van der Waals surface area contributed by atoms with Gasteiger partial charge in [-0.25, -0.2) is 0 Å². The van der Waals surface area contributed by atoms with Crippen molar-refractivity contribution < 1.29 is 19.1 Å². The summed E-state index contributed by atoms with van der Waals surface area (Å²) in [5, 5.41) is 5.77. The van der Waals surface area contributed by atoms with Gasteiger partial charge in [-0.2, -0.15) is 0 Å². The van der Waals surface area contributed by atoms with E-state index in [-0.39, 0.29) is 30.3 Å². The Morgan fingerprint density at radius 1 is 0.793 bits per heavy atom. The first kappa shape index (κ1) is 20.6. The molecular weight excluding hydrogens is 368 g/mol. The SMILES string of the molecule is CCC(=O)Nc1ccc2c(c1)C(COC(=O)CC)c1cc(NC(=O)CC)ccc1-2. The Bertz CT molecular complexity index is 884. The zero-order valence-corrected chi connectivity index (χ0v) is 17.0. The Balaban J connectivity index is 1.99. The zero-order chi connectivity index (χ0) is 21.0. The monoisotopic (exact) mass is 394 g/mol. The largest absolute Gasteiger partial charge is 0.465 e. The van der Waals surface area contributed by atoms with Crippen LogP contribution < -0.4 is 10.6 Å². The number of fused-ring (bicyclic) bond motifs is 3. The van der Waals surface area contributed by atoms with Crippen LogP contribution in [0.4, 0.5) is 11.4 Å². The van der Waals surface area contributed by atoms with Crippen LogP contribution in [0.1, 0.15) is 57.1 Å². The van der Waals surface area contributed by atoms with E-state index in [9.17, 15) is 14.4 Å². The van der Waals surface area contributed by atoms with Crippen LogP contribution in [0.3, 0.4) is 0 Å². The van der Waals surface area contributed by atoms with Crippen molar-refractivity contribution >= 4 is 29.2 Å². The van der Waals surface area contributed by atoms with Crippen molar-refractivity contribution in [3.8, 4) is 11.1 Å². The fourth-order valence-electron chi connectivity index (χ4n) is 3.47. The summed E-state index contributed by atoms with van der Waals surface area (Å²) in [5.74, 6) is -0.531. The molecule has 152 valence electrons. The van der Waals surface area contributed by atoms with E-state index >= 15 is 0 Å². The summed E-state index contributed by atoms with van der Waals surface area (Å²) in [6.45, 7) is 5.58. The number of carbonyl (C=O) groups is 3. The van der Waals surface area contributed by atoms with Gasteiger partial charge in [0.2, 0.25) is 11.8 Å². The van der Waals surface area contributed by atoms with Gasteiger partial charge < -0.3 is 15.4 Å². The Morgan fingerprint density at radius 3 is 1.69 bits per heavy atom. The van der Waals surface area contributed by atoms with Crippen LogP contribution >= 0.6 is 0 Å². The predicted molar refractivity (Wildman–Crippen MR) is 113 cm³/mol. The molecule has 2 amide bonds. The number of hydrogen-bond donors (Lipinski definition) is 2. The molecular formula is C23H26N2O4. The number of hydrogen-bond acceptors (Lipinski definition) is 4. The average molecular weight is 394 g/mol. The van der Waals surface area contributed by atoms with Gasteiger partial charge in [0.15, 0.2) is 0 Å². The fraction of sp³-hybridized carbons (Fsp3) is 0.348. The first-order valence-electron chi connectivity index (χ1n) is 10.00. The Labute approximate surface area is 170 Å². The van der Waals surface area contributed by atoms with E-state index < -0.39 is 0 Å². The minimum atomic E-state index is -0.258.